The molecular weight excluding hydrogens is 328 g/mol. The Balaban J connectivity index is 1.37. The Bertz CT molecular complexity index is 879. The molecule has 1 saturated heterocycles. The van der Waals surface area contributed by atoms with Crippen LogP contribution in [0.2, 0.25) is 0 Å². The van der Waals surface area contributed by atoms with Gasteiger partial charge in [0.25, 0.3) is 0 Å². The van der Waals surface area contributed by atoms with Crippen LogP contribution in [0.1, 0.15) is 18.9 Å². The van der Waals surface area contributed by atoms with E-state index < -0.39 is 6.10 Å². The van der Waals surface area contributed by atoms with Crippen LogP contribution in [0, 0.1) is 0 Å². The van der Waals surface area contributed by atoms with E-state index in [2.05, 4.69) is 28.1 Å². The minimum Gasteiger partial charge on any atom is -0.488 e. The van der Waals surface area contributed by atoms with Gasteiger partial charge in [0.05, 0.1) is 11.7 Å². The number of aliphatic hydroxyl groups excluding tert-OH is 1. The number of aryl methyl sites for hydroxylation is 1. The Hall–Kier alpha value is -2.44. The van der Waals surface area contributed by atoms with Crippen LogP contribution in [0.25, 0.3) is 10.9 Å². The monoisotopic (exact) mass is 352 g/mol. The summed E-state index contributed by atoms with van der Waals surface area (Å²) in [4.78, 5) is 6.58. The summed E-state index contributed by atoms with van der Waals surface area (Å²) >= 11 is 0. The second-order valence-electron chi connectivity index (χ2n) is 6.81. The van der Waals surface area contributed by atoms with Gasteiger partial charge in [-0.2, -0.15) is 5.10 Å². The summed E-state index contributed by atoms with van der Waals surface area (Å²) in [6.45, 7) is 5.27. The van der Waals surface area contributed by atoms with E-state index in [4.69, 9.17) is 4.74 Å². The van der Waals surface area contributed by atoms with E-state index in [-0.39, 0.29) is 6.10 Å². The summed E-state index contributed by atoms with van der Waals surface area (Å²) in [5.41, 5.74) is 2.13. The molecule has 3 heterocycles. The van der Waals surface area contributed by atoms with Crippen molar-refractivity contribution in [3.63, 3.8) is 0 Å². The summed E-state index contributed by atoms with van der Waals surface area (Å²) in [5, 5.41) is 15.9. The molecule has 1 aromatic carbocycles. The van der Waals surface area contributed by atoms with Gasteiger partial charge >= 0.3 is 0 Å². The molecule has 2 atom stereocenters. The van der Waals surface area contributed by atoms with E-state index in [1.165, 1.54) is 5.56 Å². The van der Waals surface area contributed by atoms with Crippen molar-refractivity contribution < 1.29 is 9.84 Å². The van der Waals surface area contributed by atoms with Gasteiger partial charge in [-0.15, -0.1) is 0 Å². The Kier molecular flexibility index (Phi) is 4.86. The molecule has 1 N–H and O–H groups in total. The van der Waals surface area contributed by atoms with Gasteiger partial charge in [0.15, 0.2) is 0 Å². The third kappa shape index (κ3) is 3.71. The maximum atomic E-state index is 10.5. The number of nitrogens with zero attached hydrogens (tertiary/aromatic N) is 4. The number of aliphatic hydroxyl groups is 1. The molecule has 136 valence electrons. The van der Waals surface area contributed by atoms with Gasteiger partial charge in [-0.3, -0.25) is 14.6 Å². The zero-order chi connectivity index (χ0) is 17.9. The summed E-state index contributed by atoms with van der Waals surface area (Å²) < 4.78 is 8.00. The lowest BCUT2D eigenvalue weighted by molar-refractivity contribution is -0.0274. The normalized spacial score (nSPS) is 21.2. The lowest BCUT2D eigenvalue weighted by Gasteiger charge is -2.35. The molecule has 0 radical (unpaired) electrons. The lowest BCUT2D eigenvalue weighted by atomic mass is 10.0. The predicted octanol–water partition coefficient (Wildman–Crippen LogP) is 2.47. The molecule has 6 nitrogen and oxygen atoms in total. The molecule has 0 bridgehead atoms. The number of β-amino-alcohol motifs (C(OH)–C–C–N with tert-alkyl or cyclic N) is 1. The van der Waals surface area contributed by atoms with Crippen molar-refractivity contribution in [2.45, 2.75) is 38.6 Å². The van der Waals surface area contributed by atoms with E-state index in [0.29, 0.717) is 6.54 Å². The van der Waals surface area contributed by atoms with Crippen molar-refractivity contribution in [2.75, 3.05) is 13.1 Å². The van der Waals surface area contributed by atoms with E-state index in [9.17, 15) is 5.11 Å². The lowest BCUT2D eigenvalue weighted by Crippen LogP contribution is -2.48. The van der Waals surface area contributed by atoms with Crippen molar-refractivity contribution in [3.05, 3.63) is 54.5 Å². The summed E-state index contributed by atoms with van der Waals surface area (Å²) in [7, 11) is 0. The number of benzene rings is 1. The van der Waals surface area contributed by atoms with Crippen LogP contribution >= 0.6 is 0 Å². The van der Waals surface area contributed by atoms with Gasteiger partial charge in [0, 0.05) is 49.5 Å². The highest BCUT2D eigenvalue weighted by Crippen LogP contribution is 2.24. The first-order chi connectivity index (χ1) is 12.7. The Morgan fingerprint density at radius 3 is 3.04 bits per heavy atom. The van der Waals surface area contributed by atoms with Crippen molar-refractivity contribution >= 4 is 10.9 Å². The molecule has 2 aromatic heterocycles. The van der Waals surface area contributed by atoms with Gasteiger partial charge in [0.1, 0.15) is 18.0 Å². The average molecular weight is 352 g/mol. The smallest absolute Gasteiger partial charge is 0.127 e. The number of fused-ring (bicyclic) bond motifs is 1. The number of hydrogen-bond donors (Lipinski definition) is 1. The van der Waals surface area contributed by atoms with Gasteiger partial charge < -0.3 is 9.84 Å². The van der Waals surface area contributed by atoms with Crippen LogP contribution in [0.4, 0.5) is 0 Å². The van der Waals surface area contributed by atoms with E-state index in [1.54, 1.807) is 6.20 Å². The van der Waals surface area contributed by atoms with Crippen molar-refractivity contribution in [2.24, 2.45) is 0 Å². The fourth-order valence-electron chi connectivity index (χ4n) is 3.48. The van der Waals surface area contributed by atoms with Gasteiger partial charge in [-0.25, -0.2) is 0 Å². The van der Waals surface area contributed by atoms with E-state index in [0.717, 1.165) is 42.7 Å². The molecule has 0 saturated carbocycles. The summed E-state index contributed by atoms with van der Waals surface area (Å²) in [6, 6.07) is 9.80. The van der Waals surface area contributed by atoms with Gasteiger partial charge in [0.2, 0.25) is 0 Å². The van der Waals surface area contributed by atoms with Crippen molar-refractivity contribution in [3.8, 4) is 5.75 Å². The van der Waals surface area contributed by atoms with Crippen LogP contribution in [-0.4, -0.2) is 50.1 Å². The third-order valence-electron chi connectivity index (χ3n) is 4.88. The molecule has 1 aliphatic heterocycles. The van der Waals surface area contributed by atoms with Crippen molar-refractivity contribution in [1.82, 2.24) is 19.7 Å². The summed E-state index contributed by atoms with van der Waals surface area (Å²) in [6.07, 6.45) is 5.87. The summed E-state index contributed by atoms with van der Waals surface area (Å²) in [5.74, 6) is 0.784. The van der Waals surface area contributed by atoms with Crippen LogP contribution in [0.15, 0.2) is 48.9 Å². The van der Waals surface area contributed by atoms with Crippen LogP contribution in [-0.2, 0) is 13.1 Å². The third-order valence-corrected chi connectivity index (χ3v) is 4.88. The number of piperidine rings is 1. The highest BCUT2D eigenvalue weighted by Gasteiger charge is 2.29. The van der Waals surface area contributed by atoms with E-state index >= 15 is 0 Å². The molecule has 0 aliphatic carbocycles. The first-order valence-electron chi connectivity index (χ1n) is 9.14. The van der Waals surface area contributed by atoms with Gasteiger partial charge in [-0.1, -0.05) is 6.07 Å². The van der Waals surface area contributed by atoms with Crippen LogP contribution < -0.4 is 4.74 Å². The molecule has 3 aromatic rings. The fourth-order valence-corrected chi connectivity index (χ4v) is 3.48. The molecule has 0 spiro atoms. The maximum absolute atomic E-state index is 10.5. The molecule has 6 heteroatoms. The standard InChI is InChI=1S/C20H24N4O2/c1-2-24-13-15(11-22-24)12-23-9-7-20(19(25)14-23)26-17-5-6-18-16(10-17)4-3-8-21-18/h3-6,8,10-11,13,19-20,25H,2,7,9,12,14H2,1H3/t19-,20-/m1/s1. The first-order valence-corrected chi connectivity index (χ1v) is 9.14. The van der Waals surface area contributed by atoms with E-state index in [1.807, 2.05) is 41.2 Å². The average Bonchev–Trinajstić information content (AvgIpc) is 3.11. The molecule has 1 fully saturated rings. The number of likely N-dealkylation sites (tertiary alicyclic amines) is 1. The maximum Gasteiger partial charge on any atom is 0.127 e. The SMILES string of the molecule is CCn1cc(CN2CC[C@@H](Oc3ccc4ncccc4c3)[C@H](O)C2)cn1. The topological polar surface area (TPSA) is 63.4 Å². The molecule has 4 rings (SSSR count). The molecule has 1 aliphatic rings. The zero-order valence-corrected chi connectivity index (χ0v) is 15.0. The Morgan fingerprint density at radius 2 is 2.23 bits per heavy atom. The number of pyridine rings is 1. The first kappa shape index (κ1) is 17.0. The quantitative estimate of drug-likeness (QED) is 0.764. The fraction of sp³-hybridized carbons (Fsp3) is 0.400. The number of hydrogen-bond acceptors (Lipinski definition) is 5. The highest BCUT2D eigenvalue weighted by molar-refractivity contribution is 5.79. The second-order valence-corrected chi connectivity index (χ2v) is 6.81. The second kappa shape index (κ2) is 7.43. The van der Waals surface area contributed by atoms with Crippen molar-refractivity contribution in [1.29, 1.82) is 0 Å². The molecular formula is C20H24N4O2. The Morgan fingerprint density at radius 1 is 1.31 bits per heavy atom. The molecule has 0 unspecified atom stereocenters. The largest absolute Gasteiger partial charge is 0.488 e. The number of rotatable bonds is 5. The Labute approximate surface area is 153 Å². The van der Waals surface area contributed by atoms with Crippen LogP contribution in [0.3, 0.4) is 0 Å². The van der Waals surface area contributed by atoms with Crippen LogP contribution in [0.5, 0.6) is 5.75 Å². The molecule has 26 heavy (non-hydrogen) atoms. The zero-order valence-electron chi connectivity index (χ0n) is 15.0. The van der Waals surface area contributed by atoms with Gasteiger partial charge in [-0.05, 0) is 37.6 Å². The molecule has 0 amide bonds. The minimum atomic E-state index is -0.505. The highest BCUT2D eigenvalue weighted by atomic mass is 16.5. The number of ether oxygens (including phenoxy) is 1. The predicted molar refractivity (Wildman–Crippen MR) is 100.0 cm³/mol. The minimum absolute atomic E-state index is 0.182. The number of aromatic nitrogens is 3.